The number of benzene rings is 2. The molecule has 2 aromatic carbocycles. The highest BCUT2D eigenvalue weighted by atomic mass is 16.5. The van der Waals surface area contributed by atoms with Crippen molar-refractivity contribution in [1.29, 1.82) is 0 Å². The lowest BCUT2D eigenvalue weighted by atomic mass is 10.1. The fourth-order valence-corrected chi connectivity index (χ4v) is 2.33. The molecule has 0 unspecified atom stereocenters. The highest BCUT2D eigenvalue weighted by Crippen LogP contribution is 2.33. The zero-order chi connectivity index (χ0) is 16.8. The summed E-state index contributed by atoms with van der Waals surface area (Å²) in [5.41, 5.74) is 2.43. The Kier molecular flexibility index (Phi) is 5.46. The smallest absolute Gasteiger partial charge is 0.228 e. The van der Waals surface area contributed by atoms with Crippen LogP contribution in [-0.2, 0) is 11.2 Å². The van der Waals surface area contributed by atoms with Gasteiger partial charge in [-0.15, -0.1) is 0 Å². The van der Waals surface area contributed by atoms with E-state index in [4.69, 9.17) is 14.2 Å². The highest BCUT2D eigenvalue weighted by Gasteiger charge is 2.13. The molecule has 0 aliphatic carbocycles. The van der Waals surface area contributed by atoms with E-state index >= 15 is 0 Å². The van der Waals surface area contributed by atoms with E-state index in [0.29, 0.717) is 22.9 Å². The molecular formula is C18H21NO4. The van der Waals surface area contributed by atoms with E-state index in [-0.39, 0.29) is 12.3 Å². The summed E-state index contributed by atoms with van der Waals surface area (Å²) in [6.45, 7) is 1.90. The first-order valence-corrected chi connectivity index (χ1v) is 7.23. The average Bonchev–Trinajstić information content (AvgIpc) is 2.56. The second kappa shape index (κ2) is 7.54. The summed E-state index contributed by atoms with van der Waals surface area (Å²) < 4.78 is 15.8. The molecule has 1 N–H and O–H groups in total. The number of carbonyl (C=O) groups excluding carboxylic acids is 1. The minimum atomic E-state index is -0.121. The molecule has 2 aromatic rings. The molecule has 0 atom stereocenters. The fraction of sp³-hybridized carbons (Fsp3) is 0.278. The van der Waals surface area contributed by atoms with Crippen LogP contribution in [0.3, 0.4) is 0 Å². The Bertz CT molecular complexity index is 697. The number of hydrogen-bond donors (Lipinski definition) is 1. The molecule has 1 amide bonds. The predicted molar refractivity (Wildman–Crippen MR) is 89.6 cm³/mol. The van der Waals surface area contributed by atoms with Crippen molar-refractivity contribution in [2.45, 2.75) is 13.3 Å². The van der Waals surface area contributed by atoms with E-state index in [1.54, 1.807) is 27.4 Å². The van der Waals surface area contributed by atoms with Crippen molar-refractivity contribution in [2.75, 3.05) is 26.6 Å². The van der Waals surface area contributed by atoms with Crippen LogP contribution in [0.5, 0.6) is 17.2 Å². The van der Waals surface area contributed by atoms with Gasteiger partial charge in [0.05, 0.1) is 27.8 Å². The lowest BCUT2D eigenvalue weighted by Gasteiger charge is -2.14. The third-order valence-electron chi connectivity index (χ3n) is 3.55. The van der Waals surface area contributed by atoms with Crippen LogP contribution in [0.25, 0.3) is 0 Å². The normalized spacial score (nSPS) is 10.1. The number of anilines is 1. The van der Waals surface area contributed by atoms with E-state index in [2.05, 4.69) is 5.32 Å². The van der Waals surface area contributed by atoms with Crippen LogP contribution in [0.15, 0.2) is 36.4 Å². The number of rotatable bonds is 6. The van der Waals surface area contributed by atoms with Crippen molar-refractivity contribution in [3.05, 3.63) is 47.5 Å². The zero-order valence-electron chi connectivity index (χ0n) is 13.8. The van der Waals surface area contributed by atoms with Gasteiger partial charge in [-0.1, -0.05) is 18.2 Å². The van der Waals surface area contributed by atoms with Gasteiger partial charge in [-0.25, -0.2) is 0 Å². The van der Waals surface area contributed by atoms with Gasteiger partial charge in [-0.3, -0.25) is 4.79 Å². The monoisotopic (exact) mass is 315 g/mol. The third-order valence-corrected chi connectivity index (χ3v) is 3.55. The number of aryl methyl sites for hydroxylation is 1. The second-order valence-electron chi connectivity index (χ2n) is 5.06. The molecule has 0 radical (unpaired) electrons. The lowest BCUT2D eigenvalue weighted by molar-refractivity contribution is -0.115. The molecule has 0 aliphatic rings. The standard InChI is InChI=1S/C18H21NO4/c1-12-9-16(22-3)17(23-4)11-14(12)19-18(20)10-13-7-5-6-8-15(13)21-2/h5-9,11H,10H2,1-4H3,(H,19,20). The van der Waals surface area contributed by atoms with Gasteiger partial charge in [0.15, 0.2) is 11.5 Å². The van der Waals surface area contributed by atoms with Crippen molar-refractivity contribution >= 4 is 11.6 Å². The Morgan fingerprint density at radius 2 is 1.57 bits per heavy atom. The SMILES string of the molecule is COc1ccccc1CC(=O)Nc1cc(OC)c(OC)cc1C. The number of ether oxygens (including phenoxy) is 3. The van der Waals surface area contributed by atoms with Crippen LogP contribution in [-0.4, -0.2) is 27.2 Å². The Morgan fingerprint density at radius 1 is 0.957 bits per heavy atom. The summed E-state index contributed by atoms with van der Waals surface area (Å²) in [5, 5.41) is 2.91. The predicted octanol–water partition coefficient (Wildman–Crippen LogP) is 3.20. The number of amides is 1. The summed E-state index contributed by atoms with van der Waals surface area (Å²) in [7, 11) is 4.74. The maximum atomic E-state index is 12.3. The lowest BCUT2D eigenvalue weighted by Crippen LogP contribution is -2.15. The van der Waals surface area contributed by atoms with Crippen molar-refractivity contribution in [1.82, 2.24) is 0 Å². The molecule has 0 saturated carbocycles. The Balaban J connectivity index is 2.17. The van der Waals surface area contributed by atoms with Crippen LogP contribution < -0.4 is 19.5 Å². The molecule has 5 heteroatoms. The third kappa shape index (κ3) is 3.94. The minimum absolute atomic E-state index is 0.121. The molecule has 0 aromatic heterocycles. The summed E-state index contributed by atoms with van der Waals surface area (Å²) in [5.74, 6) is 1.79. The molecule has 0 saturated heterocycles. The van der Waals surface area contributed by atoms with Gasteiger partial charge in [-0.05, 0) is 24.6 Å². The largest absolute Gasteiger partial charge is 0.496 e. The zero-order valence-corrected chi connectivity index (χ0v) is 13.8. The quantitative estimate of drug-likeness (QED) is 0.889. The summed E-state index contributed by atoms with van der Waals surface area (Å²) >= 11 is 0. The summed E-state index contributed by atoms with van der Waals surface area (Å²) in [4.78, 5) is 12.3. The van der Waals surface area contributed by atoms with Gasteiger partial charge >= 0.3 is 0 Å². The van der Waals surface area contributed by atoms with Crippen molar-refractivity contribution in [3.63, 3.8) is 0 Å². The molecule has 0 spiro atoms. The van der Waals surface area contributed by atoms with Crippen LogP contribution in [0.4, 0.5) is 5.69 Å². The molecule has 5 nitrogen and oxygen atoms in total. The van der Waals surface area contributed by atoms with E-state index in [9.17, 15) is 4.79 Å². The molecule has 0 bridgehead atoms. The van der Waals surface area contributed by atoms with Gasteiger partial charge < -0.3 is 19.5 Å². The van der Waals surface area contributed by atoms with Gasteiger partial charge in [-0.2, -0.15) is 0 Å². The van der Waals surface area contributed by atoms with Crippen LogP contribution in [0.1, 0.15) is 11.1 Å². The summed E-state index contributed by atoms with van der Waals surface area (Å²) in [6, 6.07) is 11.1. The first-order chi connectivity index (χ1) is 11.1. The maximum absolute atomic E-state index is 12.3. The maximum Gasteiger partial charge on any atom is 0.228 e. The van der Waals surface area contributed by atoms with Gasteiger partial charge in [0.25, 0.3) is 0 Å². The van der Waals surface area contributed by atoms with Crippen LogP contribution in [0, 0.1) is 6.92 Å². The number of hydrogen-bond acceptors (Lipinski definition) is 4. The van der Waals surface area contributed by atoms with E-state index in [0.717, 1.165) is 11.1 Å². The molecule has 0 aliphatic heterocycles. The summed E-state index contributed by atoms with van der Waals surface area (Å²) in [6.07, 6.45) is 0.234. The first kappa shape index (κ1) is 16.7. The molecule has 0 fully saturated rings. The fourth-order valence-electron chi connectivity index (χ4n) is 2.33. The number of methoxy groups -OCH3 is 3. The molecule has 23 heavy (non-hydrogen) atoms. The Hall–Kier alpha value is -2.69. The number of para-hydroxylation sites is 1. The number of carbonyl (C=O) groups is 1. The Labute approximate surface area is 136 Å². The molecular weight excluding hydrogens is 294 g/mol. The first-order valence-electron chi connectivity index (χ1n) is 7.23. The van der Waals surface area contributed by atoms with Crippen molar-refractivity contribution < 1.29 is 19.0 Å². The Morgan fingerprint density at radius 3 is 2.22 bits per heavy atom. The van der Waals surface area contributed by atoms with Crippen LogP contribution in [0.2, 0.25) is 0 Å². The topological polar surface area (TPSA) is 56.8 Å². The van der Waals surface area contributed by atoms with Gasteiger partial charge in [0.2, 0.25) is 5.91 Å². The number of nitrogens with one attached hydrogen (secondary N) is 1. The second-order valence-corrected chi connectivity index (χ2v) is 5.06. The van der Waals surface area contributed by atoms with Crippen LogP contribution >= 0.6 is 0 Å². The average molecular weight is 315 g/mol. The van der Waals surface area contributed by atoms with Gasteiger partial charge in [0, 0.05) is 17.3 Å². The van der Waals surface area contributed by atoms with E-state index in [1.165, 1.54) is 0 Å². The minimum Gasteiger partial charge on any atom is -0.496 e. The van der Waals surface area contributed by atoms with Crippen molar-refractivity contribution in [2.24, 2.45) is 0 Å². The van der Waals surface area contributed by atoms with Gasteiger partial charge in [0.1, 0.15) is 5.75 Å². The van der Waals surface area contributed by atoms with Crippen molar-refractivity contribution in [3.8, 4) is 17.2 Å². The molecule has 2 rings (SSSR count). The highest BCUT2D eigenvalue weighted by molar-refractivity contribution is 5.93. The van der Waals surface area contributed by atoms with E-state index in [1.807, 2.05) is 37.3 Å². The van der Waals surface area contributed by atoms with E-state index < -0.39 is 0 Å². The molecule has 0 heterocycles. The molecule has 122 valence electrons.